The Morgan fingerprint density at radius 3 is 2.85 bits per heavy atom. The number of imidazole rings is 1. The summed E-state index contributed by atoms with van der Waals surface area (Å²) < 4.78 is 1.85. The normalized spacial score (nSPS) is 23.2. The van der Waals surface area contributed by atoms with Crippen LogP contribution in [0.2, 0.25) is 0 Å². The van der Waals surface area contributed by atoms with Gasteiger partial charge in [-0.3, -0.25) is 9.69 Å². The van der Waals surface area contributed by atoms with Crippen molar-refractivity contribution in [1.82, 2.24) is 19.4 Å². The lowest BCUT2D eigenvalue weighted by Gasteiger charge is -2.34. The minimum Gasteiger partial charge on any atom is -0.387 e. The third-order valence-electron chi connectivity index (χ3n) is 5.64. The maximum absolute atomic E-state index is 12.6. The Morgan fingerprint density at radius 2 is 2.08 bits per heavy atom. The number of carbonyl (C=O) groups is 1. The van der Waals surface area contributed by atoms with Crippen molar-refractivity contribution in [3.63, 3.8) is 0 Å². The molecule has 1 saturated heterocycles. The fraction of sp³-hybridized carbons (Fsp3) is 0.500. The first-order valence-corrected chi connectivity index (χ1v) is 9.29. The maximum atomic E-state index is 12.6. The summed E-state index contributed by atoms with van der Waals surface area (Å²) in [5, 5.41) is 11.0. The van der Waals surface area contributed by atoms with Gasteiger partial charge in [0.15, 0.2) is 0 Å². The van der Waals surface area contributed by atoms with Crippen LogP contribution in [0.3, 0.4) is 0 Å². The van der Waals surface area contributed by atoms with E-state index in [0.717, 1.165) is 25.3 Å². The Morgan fingerprint density at radius 1 is 1.27 bits per heavy atom. The van der Waals surface area contributed by atoms with Crippen LogP contribution in [0.5, 0.6) is 0 Å². The van der Waals surface area contributed by atoms with Gasteiger partial charge in [-0.05, 0) is 30.9 Å². The number of aliphatic hydroxyl groups is 1. The van der Waals surface area contributed by atoms with Crippen LogP contribution in [0.4, 0.5) is 0 Å². The van der Waals surface area contributed by atoms with Crippen molar-refractivity contribution in [3.05, 3.63) is 53.6 Å². The quantitative estimate of drug-likeness (QED) is 0.897. The van der Waals surface area contributed by atoms with Crippen molar-refractivity contribution in [2.75, 3.05) is 26.2 Å². The Bertz CT molecular complexity index is 803. The van der Waals surface area contributed by atoms with Crippen molar-refractivity contribution in [1.29, 1.82) is 0 Å². The number of benzene rings is 1. The van der Waals surface area contributed by atoms with Crippen LogP contribution in [0, 0.1) is 6.92 Å². The summed E-state index contributed by atoms with van der Waals surface area (Å²) in [6, 6.07) is 8.52. The van der Waals surface area contributed by atoms with E-state index in [1.54, 1.807) is 11.1 Å². The van der Waals surface area contributed by atoms with Gasteiger partial charge in [0.25, 0.3) is 0 Å². The van der Waals surface area contributed by atoms with E-state index in [-0.39, 0.29) is 5.91 Å². The lowest BCUT2D eigenvalue weighted by molar-refractivity contribution is -0.132. The van der Waals surface area contributed by atoms with Gasteiger partial charge in [0.05, 0.1) is 12.1 Å². The van der Waals surface area contributed by atoms with Gasteiger partial charge in [-0.1, -0.05) is 24.3 Å². The molecule has 0 aliphatic carbocycles. The second kappa shape index (κ2) is 6.85. The minimum atomic E-state index is -0.814. The highest BCUT2D eigenvalue weighted by Gasteiger charge is 2.39. The second-order valence-corrected chi connectivity index (χ2v) is 7.62. The molecular weight excluding hydrogens is 328 g/mol. The van der Waals surface area contributed by atoms with Crippen LogP contribution in [-0.4, -0.2) is 62.1 Å². The molecule has 1 fully saturated rings. The number of rotatable bonds is 4. The molecule has 1 unspecified atom stereocenters. The number of likely N-dealkylation sites (tertiary alicyclic amines) is 1. The highest BCUT2D eigenvalue weighted by atomic mass is 16.3. The van der Waals surface area contributed by atoms with Gasteiger partial charge in [0.2, 0.25) is 5.91 Å². The van der Waals surface area contributed by atoms with Gasteiger partial charge in [-0.15, -0.1) is 0 Å². The zero-order valence-corrected chi connectivity index (χ0v) is 15.3. The summed E-state index contributed by atoms with van der Waals surface area (Å²) in [6.45, 7) is 5.67. The number of aryl methyl sites for hydroxylation is 1. The molecule has 6 heteroatoms. The van der Waals surface area contributed by atoms with Crippen LogP contribution in [0.25, 0.3) is 0 Å². The average Bonchev–Trinajstić information content (AvgIpc) is 3.21. The Labute approximate surface area is 154 Å². The van der Waals surface area contributed by atoms with Crippen LogP contribution in [-0.2, 0) is 24.3 Å². The highest BCUT2D eigenvalue weighted by Crippen LogP contribution is 2.26. The summed E-state index contributed by atoms with van der Waals surface area (Å²) in [7, 11) is 0. The summed E-state index contributed by atoms with van der Waals surface area (Å²) >= 11 is 0. The molecule has 1 atom stereocenters. The van der Waals surface area contributed by atoms with Gasteiger partial charge in [0, 0.05) is 38.6 Å². The molecule has 1 N–H and O–H groups in total. The molecule has 1 aromatic carbocycles. The van der Waals surface area contributed by atoms with Crippen LogP contribution >= 0.6 is 0 Å². The van der Waals surface area contributed by atoms with Gasteiger partial charge in [-0.25, -0.2) is 4.98 Å². The van der Waals surface area contributed by atoms with Crippen molar-refractivity contribution < 1.29 is 9.90 Å². The zero-order chi connectivity index (χ0) is 18.1. The molecule has 1 aromatic heterocycles. The standard InChI is InChI=1S/C20H26N4O2/c1-16-21-8-11-23(16)13-19(25)24-10-7-20(26,15-24)14-22-9-6-17-4-2-3-5-18(17)12-22/h2-5,8,11,26H,6-7,9-10,12-15H2,1H3. The number of amides is 1. The fourth-order valence-electron chi connectivity index (χ4n) is 4.12. The molecular formula is C20H26N4O2. The topological polar surface area (TPSA) is 61.6 Å². The van der Waals surface area contributed by atoms with E-state index < -0.39 is 5.60 Å². The molecule has 0 radical (unpaired) electrons. The molecule has 0 bridgehead atoms. The lowest BCUT2D eigenvalue weighted by atomic mass is 9.97. The van der Waals surface area contributed by atoms with Crippen molar-refractivity contribution in [3.8, 4) is 0 Å². The number of carbonyl (C=O) groups excluding carboxylic acids is 1. The third kappa shape index (κ3) is 3.52. The minimum absolute atomic E-state index is 0.0472. The van der Waals surface area contributed by atoms with Crippen LogP contribution < -0.4 is 0 Å². The third-order valence-corrected chi connectivity index (χ3v) is 5.64. The average molecular weight is 354 g/mol. The van der Waals surface area contributed by atoms with E-state index in [2.05, 4.69) is 34.1 Å². The van der Waals surface area contributed by atoms with E-state index in [0.29, 0.717) is 32.6 Å². The summed E-state index contributed by atoms with van der Waals surface area (Å²) in [6.07, 6.45) is 5.19. The molecule has 3 heterocycles. The van der Waals surface area contributed by atoms with Crippen LogP contribution in [0.1, 0.15) is 23.4 Å². The molecule has 4 rings (SSSR count). The largest absolute Gasteiger partial charge is 0.387 e. The molecule has 0 spiro atoms. The van der Waals surface area contributed by atoms with Gasteiger partial charge in [0.1, 0.15) is 12.4 Å². The fourth-order valence-corrected chi connectivity index (χ4v) is 4.12. The molecule has 2 aliphatic rings. The number of β-amino-alcohol motifs (C(OH)–C–C–N with tert-alkyl or cyclic N) is 1. The summed E-state index contributed by atoms with van der Waals surface area (Å²) in [5.74, 6) is 0.880. The SMILES string of the molecule is Cc1nccn1CC(=O)N1CCC(O)(CN2CCc3ccccc3C2)C1. The van der Waals surface area contributed by atoms with Gasteiger partial charge >= 0.3 is 0 Å². The second-order valence-electron chi connectivity index (χ2n) is 7.62. The van der Waals surface area contributed by atoms with E-state index in [1.165, 1.54) is 11.1 Å². The van der Waals surface area contributed by atoms with Crippen molar-refractivity contribution >= 4 is 5.91 Å². The molecule has 1 amide bonds. The maximum Gasteiger partial charge on any atom is 0.242 e. The number of aromatic nitrogens is 2. The first-order chi connectivity index (χ1) is 12.5. The van der Waals surface area contributed by atoms with E-state index in [9.17, 15) is 9.90 Å². The summed E-state index contributed by atoms with van der Waals surface area (Å²) in [5.41, 5.74) is 1.95. The van der Waals surface area contributed by atoms with Crippen LogP contribution in [0.15, 0.2) is 36.7 Å². The Kier molecular flexibility index (Phi) is 4.54. The Balaban J connectivity index is 1.35. The number of nitrogens with zero attached hydrogens (tertiary/aromatic N) is 4. The predicted octanol–water partition coefficient (Wildman–Crippen LogP) is 1.21. The molecule has 6 nitrogen and oxygen atoms in total. The first-order valence-electron chi connectivity index (χ1n) is 9.29. The highest BCUT2D eigenvalue weighted by molar-refractivity contribution is 5.76. The number of hydrogen-bond donors (Lipinski definition) is 1. The van der Waals surface area contributed by atoms with Crippen molar-refractivity contribution in [2.45, 2.75) is 38.5 Å². The lowest BCUT2D eigenvalue weighted by Crippen LogP contribution is -2.47. The molecule has 2 aromatic rings. The van der Waals surface area contributed by atoms with E-state index >= 15 is 0 Å². The molecule has 0 saturated carbocycles. The van der Waals surface area contributed by atoms with Crippen molar-refractivity contribution in [2.24, 2.45) is 0 Å². The molecule has 26 heavy (non-hydrogen) atoms. The monoisotopic (exact) mass is 354 g/mol. The number of fused-ring (bicyclic) bond motifs is 1. The zero-order valence-electron chi connectivity index (χ0n) is 15.3. The first kappa shape index (κ1) is 17.2. The smallest absolute Gasteiger partial charge is 0.242 e. The van der Waals surface area contributed by atoms with Gasteiger partial charge in [-0.2, -0.15) is 0 Å². The Hall–Kier alpha value is -2.18. The van der Waals surface area contributed by atoms with Gasteiger partial charge < -0.3 is 14.6 Å². The van der Waals surface area contributed by atoms with E-state index in [4.69, 9.17) is 0 Å². The van der Waals surface area contributed by atoms with E-state index in [1.807, 2.05) is 17.7 Å². The number of hydrogen-bond acceptors (Lipinski definition) is 4. The summed E-state index contributed by atoms with van der Waals surface area (Å²) in [4.78, 5) is 20.8. The predicted molar refractivity (Wildman–Crippen MR) is 98.5 cm³/mol. The molecule has 2 aliphatic heterocycles. The molecule has 138 valence electrons.